The highest BCUT2D eigenvalue weighted by atomic mass is 32.1. The molecule has 15 heavy (non-hydrogen) atoms. The lowest BCUT2D eigenvalue weighted by atomic mass is 10.3. The van der Waals surface area contributed by atoms with Crippen LogP contribution in [0.3, 0.4) is 0 Å². The van der Waals surface area contributed by atoms with Crippen molar-refractivity contribution in [3.63, 3.8) is 0 Å². The maximum Gasteiger partial charge on any atom is 0.195 e. The maximum atomic E-state index is 5.26. The summed E-state index contributed by atoms with van der Waals surface area (Å²) in [5.41, 5.74) is 0.966. The van der Waals surface area contributed by atoms with E-state index in [1.54, 1.807) is 6.26 Å². The first kappa shape index (κ1) is 10.2. The quantitative estimate of drug-likeness (QED) is 0.814. The summed E-state index contributed by atoms with van der Waals surface area (Å²) in [6.07, 6.45) is 2.73. The number of nitrogens with one attached hydrogen (secondary N) is 1. The van der Waals surface area contributed by atoms with Crippen molar-refractivity contribution >= 4 is 12.2 Å². The van der Waals surface area contributed by atoms with E-state index in [4.69, 9.17) is 16.6 Å². The average Bonchev–Trinajstić information content (AvgIpc) is 2.76. The second kappa shape index (κ2) is 4.02. The minimum absolute atomic E-state index is 0.658. The summed E-state index contributed by atoms with van der Waals surface area (Å²) >= 11 is 5.16. The second-order valence-corrected chi connectivity index (χ2v) is 3.84. The highest BCUT2D eigenvalue weighted by Gasteiger charge is 2.09. The van der Waals surface area contributed by atoms with Crippen LogP contribution in [0.4, 0.5) is 0 Å². The Morgan fingerprint density at radius 1 is 1.60 bits per heavy atom. The van der Waals surface area contributed by atoms with Crippen molar-refractivity contribution in [3.05, 3.63) is 22.9 Å². The van der Waals surface area contributed by atoms with Gasteiger partial charge in [0.15, 0.2) is 10.6 Å². The van der Waals surface area contributed by atoms with Crippen LogP contribution in [-0.4, -0.2) is 14.8 Å². The van der Waals surface area contributed by atoms with Crippen LogP contribution >= 0.6 is 12.2 Å². The minimum atomic E-state index is 0.658. The number of rotatable bonds is 3. The third-order valence-corrected chi connectivity index (χ3v) is 2.51. The Kier molecular flexibility index (Phi) is 2.73. The van der Waals surface area contributed by atoms with Gasteiger partial charge >= 0.3 is 0 Å². The molecule has 0 saturated heterocycles. The van der Waals surface area contributed by atoms with E-state index in [9.17, 15) is 0 Å². The minimum Gasteiger partial charge on any atom is -0.469 e. The molecule has 0 fully saturated rings. The zero-order valence-electron chi connectivity index (χ0n) is 8.78. The molecule has 2 aromatic rings. The first-order valence-electron chi connectivity index (χ1n) is 4.93. The van der Waals surface area contributed by atoms with E-state index in [2.05, 4.69) is 17.1 Å². The number of hydrogen-bond donors (Lipinski definition) is 1. The Balaban J connectivity index is 2.48. The van der Waals surface area contributed by atoms with E-state index < -0.39 is 0 Å². The molecule has 2 heterocycles. The van der Waals surface area contributed by atoms with Gasteiger partial charge in [0.25, 0.3) is 0 Å². The molecular formula is C10H13N3OS. The Labute approximate surface area is 92.9 Å². The molecule has 0 bridgehead atoms. The lowest BCUT2D eigenvalue weighted by Gasteiger charge is -2.01. The van der Waals surface area contributed by atoms with Gasteiger partial charge in [0.1, 0.15) is 12.0 Å². The van der Waals surface area contributed by atoms with Crippen LogP contribution < -0.4 is 0 Å². The number of H-pyrrole nitrogens is 1. The Morgan fingerprint density at radius 2 is 2.40 bits per heavy atom. The van der Waals surface area contributed by atoms with Crippen LogP contribution in [0.25, 0.3) is 11.4 Å². The van der Waals surface area contributed by atoms with Crippen molar-refractivity contribution < 1.29 is 4.42 Å². The Morgan fingerprint density at radius 3 is 3.00 bits per heavy atom. The Bertz CT molecular complexity index is 509. The van der Waals surface area contributed by atoms with Crippen LogP contribution in [0, 0.1) is 11.7 Å². The lowest BCUT2D eigenvalue weighted by Crippen LogP contribution is -1.99. The van der Waals surface area contributed by atoms with Crippen LogP contribution in [0.1, 0.15) is 19.1 Å². The van der Waals surface area contributed by atoms with Crippen LogP contribution in [0.15, 0.2) is 16.7 Å². The molecular weight excluding hydrogens is 210 g/mol. The molecule has 2 aromatic heterocycles. The van der Waals surface area contributed by atoms with Gasteiger partial charge in [-0.2, -0.15) is 5.10 Å². The third-order valence-electron chi connectivity index (χ3n) is 2.19. The van der Waals surface area contributed by atoms with Crippen LogP contribution in [0.5, 0.6) is 0 Å². The highest BCUT2D eigenvalue weighted by molar-refractivity contribution is 7.71. The molecule has 0 aromatic carbocycles. The molecule has 0 atom stereocenters. The van der Waals surface area contributed by atoms with Gasteiger partial charge in [0.05, 0.1) is 5.56 Å². The normalized spacial score (nSPS) is 10.8. The van der Waals surface area contributed by atoms with Gasteiger partial charge in [-0.15, -0.1) is 0 Å². The first-order chi connectivity index (χ1) is 7.22. The summed E-state index contributed by atoms with van der Waals surface area (Å²) < 4.78 is 7.90. The monoisotopic (exact) mass is 223 g/mol. The van der Waals surface area contributed by atoms with Crippen molar-refractivity contribution in [2.45, 2.75) is 26.8 Å². The number of furan rings is 1. The maximum absolute atomic E-state index is 5.26. The van der Waals surface area contributed by atoms with Crippen molar-refractivity contribution in [3.8, 4) is 11.4 Å². The van der Waals surface area contributed by atoms with Gasteiger partial charge in [0.2, 0.25) is 0 Å². The molecule has 0 aliphatic rings. The zero-order chi connectivity index (χ0) is 10.8. The van der Waals surface area contributed by atoms with E-state index >= 15 is 0 Å². The molecule has 0 radical (unpaired) electrons. The SMILES string of the molecule is CCCn1c(-c2coc(C)c2)n[nH]c1=S. The van der Waals surface area contributed by atoms with Crippen molar-refractivity contribution in [2.24, 2.45) is 0 Å². The smallest absolute Gasteiger partial charge is 0.195 e. The summed E-state index contributed by atoms with van der Waals surface area (Å²) in [5.74, 6) is 1.72. The molecule has 80 valence electrons. The summed E-state index contributed by atoms with van der Waals surface area (Å²) in [6, 6.07) is 1.96. The largest absolute Gasteiger partial charge is 0.469 e. The van der Waals surface area contributed by atoms with Crippen molar-refractivity contribution in [1.29, 1.82) is 0 Å². The number of hydrogen-bond acceptors (Lipinski definition) is 3. The molecule has 5 heteroatoms. The van der Waals surface area contributed by atoms with E-state index in [0.29, 0.717) is 4.77 Å². The van der Waals surface area contributed by atoms with Gasteiger partial charge in [-0.05, 0) is 31.6 Å². The third kappa shape index (κ3) is 1.87. The molecule has 4 nitrogen and oxygen atoms in total. The van der Waals surface area contributed by atoms with E-state index in [-0.39, 0.29) is 0 Å². The topological polar surface area (TPSA) is 46.8 Å². The number of aromatic amines is 1. The summed E-state index contributed by atoms with van der Waals surface area (Å²) in [4.78, 5) is 0. The molecule has 2 rings (SSSR count). The second-order valence-electron chi connectivity index (χ2n) is 3.45. The zero-order valence-corrected chi connectivity index (χ0v) is 9.60. The van der Waals surface area contributed by atoms with E-state index in [0.717, 1.165) is 30.1 Å². The predicted molar refractivity (Wildman–Crippen MR) is 60.1 cm³/mol. The first-order valence-corrected chi connectivity index (χ1v) is 5.34. The molecule has 0 aliphatic carbocycles. The van der Waals surface area contributed by atoms with Crippen molar-refractivity contribution in [2.75, 3.05) is 0 Å². The number of aromatic nitrogens is 3. The molecule has 0 spiro atoms. The van der Waals surface area contributed by atoms with Gasteiger partial charge in [0, 0.05) is 6.54 Å². The Hall–Kier alpha value is -1.36. The molecule has 1 N–H and O–H groups in total. The summed E-state index contributed by atoms with van der Waals surface area (Å²) in [6.45, 7) is 4.89. The summed E-state index contributed by atoms with van der Waals surface area (Å²) in [7, 11) is 0. The molecule has 0 amide bonds. The van der Waals surface area contributed by atoms with Gasteiger partial charge in [-0.25, -0.2) is 0 Å². The average molecular weight is 223 g/mol. The standard InChI is InChI=1S/C10H13N3OS/c1-3-4-13-9(11-12-10(13)15)8-5-7(2)14-6-8/h5-6H,3-4H2,1-2H3,(H,12,15). The van der Waals surface area contributed by atoms with Crippen molar-refractivity contribution in [1.82, 2.24) is 14.8 Å². The fraction of sp³-hybridized carbons (Fsp3) is 0.400. The summed E-state index contributed by atoms with van der Waals surface area (Å²) in [5, 5.41) is 7.01. The molecule has 0 unspecified atom stereocenters. The lowest BCUT2D eigenvalue weighted by molar-refractivity contribution is 0.534. The van der Waals surface area contributed by atoms with Crippen LogP contribution in [-0.2, 0) is 6.54 Å². The van der Waals surface area contributed by atoms with E-state index in [1.807, 2.05) is 17.6 Å². The van der Waals surface area contributed by atoms with Gasteiger partial charge < -0.3 is 8.98 Å². The van der Waals surface area contributed by atoms with Crippen LogP contribution in [0.2, 0.25) is 0 Å². The number of aryl methyl sites for hydroxylation is 1. The molecule has 0 saturated carbocycles. The molecule has 0 aliphatic heterocycles. The predicted octanol–water partition coefficient (Wildman–Crippen LogP) is 2.92. The van der Waals surface area contributed by atoms with Gasteiger partial charge in [-0.3, -0.25) is 5.10 Å². The number of nitrogens with zero attached hydrogens (tertiary/aromatic N) is 2. The fourth-order valence-electron chi connectivity index (χ4n) is 1.53. The fourth-order valence-corrected chi connectivity index (χ4v) is 1.75. The highest BCUT2D eigenvalue weighted by Crippen LogP contribution is 2.20. The van der Waals surface area contributed by atoms with Gasteiger partial charge in [-0.1, -0.05) is 6.92 Å². The van der Waals surface area contributed by atoms with E-state index in [1.165, 1.54) is 0 Å².